The summed E-state index contributed by atoms with van der Waals surface area (Å²) >= 11 is 0. The molecule has 0 fully saturated rings. The molecule has 1 spiro atoms. The highest BCUT2D eigenvalue weighted by Gasteiger charge is 2.52. The molecule has 3 aliphatic carbocycles. The third-order valence-electron chi connectivity index (χ3n) is 15.6. The SMILES string of the molecule is CC(C)(C)c1ccc(C2(c3ccccc3)c3ccccc3-c3ccc(N(c4ccc5c(c4)C4(c6ccccc6-c6cc(C(C)(C)C)ccc64)c4ccccc4-5)c4ccc5occc5c4)cc32)cc1. The number of fused-ring (bicyclic) bond motifs is 14. The lowest BCUT2D eigenvalue weighted by molar-refractivity contribution is 0.589. The van der Waals surface area contributed by atoms with E-state index in [0.29, 0.717) is 0 Å². The van der Waals surface area contributed by atoms with Gasteiger partial charge in [0, 0.05) is 22.4 Å². The van der Waals surface area contributed by atoms with E-state index in [2.05, 4.69) is 253 Å². The molecule has 2 heteroatoms. The van der Waals surface area contributed by atoms with Crippen molar-refractivity contribution in [2.75, 3.05) is 4.90 Å². The molecular formula is C66H53NO. The lowest BCUT2D eigenvalue weighted by Crippen LogP contribution is -2.29. The number of rotatable bonds is 5. The number of hydrogen-bond donors (Lipinski definition) is 0. The molecule has 328 valence electrons. The van der Waals surface area contributed by atoms with Gasteiger partial charge in [0.2, 0.25) is 0 Å². The van der Waals surface area contributed by atoms with Crippen molar-refractivity contribution < 1.29 is 4.42 Å². The Balaban J connectivity index is 1.08. The second-order valence-corrected chi connectivity index (χ2v) is 21.3. The molecule has 0 saturated heterocycles. The van der Waals surface area contributed by atoms with Crippen LogP contribution in [0.25, 0.3) is 44.3 Å². The molecule has 1 aromatic heterocycles. The molecule has 9 aromatic carbocycles. The summed E-state index contributed by atoms with van der Waals surface area (Å²) in [6.07, 6.45) is 1.79. The Morgan fingerprint density at radius 3 is 1.40 bits per heavy atom. The maximum atomic E-state index is 5.95. The van der Waals surface area contributed by atoms with Gasteiger partial charge < -0.3 is 9.32 Å². The van der Waals surface area contributed by atoms with E-state index in [1.165, 1.54) is 89.0 Å². The fraction of sp³-hybridized carbons (Fsp3) is 0.152. The first-order valence-electron chi connectivity index (χ1n) is 24.1. The van der Waals surface area contributed by atoms with Crippen molar-refractivity contribution in [3.8, 4) is 33.4 Å². The minimum Gasteiger partial charge on any atom is -0.464 e. The molecule has 0 amide bonds. The van der Waals surface area contributed by atoms with Crippen molar-refractivity contribution in [1.29, 1.82) is 0 Å². The Morgan fingerprint density at radius 2 is 0.794 bits per heavy atom. The summed E-state index contributed by atoms with van der Waals surface area (Å²) in [7, 11) is 0. The zero-order chi connectivity index (χ0) is 46.2. The first kappa shape index (κ1) is 40.6. The van der Waals surface area contributed by atoms with Gasteiger partial charge in [-0.3, -0.25) is 0 Å². The van der Waals surface area contributed by atoms with Crippen LogP contribution in [0.4, 0.5) is 17.1 Å². The molecule has 2 nitrogen and oxygen atoms in total. The van der Waals surface area contributed by atoms with Gasteiger partial charge in [-0.1, -0.05) is 199 Å². The van der Waals surface area contributed by atoms with Crippen molar-refractivity contribution in [1.82, 2.24) is 0 Å². The Hall–Kier alpha value is -7.68. The van der Waals surface area contributed by atoms with Crippen molar-refractivity contribution >= 4 is 28.0 Å². The molecule has 2 unspecified atom stereocenters. The molecule has 10 aromatic rings. The minimum atomic E-state index is -0.563. The van der Waals surface area contributed by atoms with Gasteiger partial charge in [-0.05, 0) is 148 Å². The first-order chi connectivity index (χ1) is 33.0. The van der Waals surface area contributed by atoms with Crippen LogP contribution in [0.5, 0.6) is 0 Å². The molecule has 3 aliphatic rings. The second-order valence-electron chi connectivity index (χ2n) is 21.3. The molecule has 1 heterocycles. The number of anilines is 3. The van der Waals surface area contributed by atoms with Crippen LogP contribution < -0.4 is 4.90 Å². The molecular weight excluding hydrogens is 823 g/mol. The highest BCUT2D eigenvalue weighted by atomic mass is 16.3. The molecule has 13 rings (SSSR count). The predicted octanol–water partition coefficient (Wildman–Crippen LogP) is 17.2. The predicted molar refractivity (Wildman–Crippen MR) is 282 cm³/mol. The van der Waals surface area contributed by atoms with Crippen LogP contribution in [-0.4, -0.2) is 0 Å². The topological polar surface area (TPSA) is 16.4 Å². The average molecular weight is 876 g/mol. The minimum absolute atomic E-state index is 0.0141. The van der Waals surface area contributed by atoms with Gasteiger partial charge in [0.1, 0.15) is 5.58 Å². The van der Waals surface area contributed by atoms with Crippen LogP contribution >= 0.6 is 0 Å². The van der Waals surface area contributed by atoms with Gasteiger partial charge >= 0.3 is 0 Å². The molecule has 0 aliphatic heterocycles. The Kier molecular flexibility index (Phi) is 8.60. The van der Waals surface area contributed by atoms with Gasteiger partial charge in [0.15, 0.2) is 0 Å². The highest BCUT2D eigenvalue weighted by Crippen LogP contribution is 2.64. The molecule has 0 bridgehead atoms. The number of benzene rings is 9. The highest BCUT2D eigenvalue weighted by molar-refractivity contribution is 5.97. The summed E-state index contributed by atoms with van der Waals surface area (Å²) in [6.45, 7) is 13.8. The summed E-state index contributed by atoms with van der Waals surface area (Å²) in [5.74, 6) is 0. The van der Waals surface area contributed by atoms with E-state index >= 15 is 0 Å². The molecule has 0 N–H and O–H groups in total. The van der Waals surface area contributed by atoms with Gasteiger partial charge in [0.05, 0.1) is 17.1 Å². The standard InChI is InChI=1S/C66H53NO/c1-63(2,3)43-24-26-45(27-25-43)65(44-16-8-7-9-17-44)56-21-13-10-18-50(56)53-32-29-48(40-60(53)65)67(47-31-35-62-42(38-47)36-37-68-62)49-30-33-54-51-19-11-14-22-57(51)66(61(54)41-49)58-23-15-12-20-52(58)55-39-46(64(4,5)6)28-34-59(55)66/h7-41H,1-6H3. The largest absolute Gasteiger partial charge is 0.464 e. The fourth-order valence-corrected chi connectivity index (χ4v) is 12.4. The Morgan fingerprint density at radius 1 is 0.338 bits per heavy atom. The van der Waals surface area contributed by atoms with Crippen LogP contribution in [0.3, 0.4) is 0 Å². The summed E-state index contributed by atoms with van der Waals surface area (Å²) in [5, 5.41) is 1.07. The lowest BCUT2D eigenvalue weighted by Gasteiger charge is -2.35. The van der Waals surface area contributed by atoms with E-state index in [4.69, 9.17) is 4.42 Å². The number of nitrogens with zero attached hydrogens (tertiary/aromatic N) is 1. The van der Waals surface area contributed by atoms with E-state index in [1.807, 2.05) is 0 Å². The second kappa shape index (κ2) is 14.4. The molecule has 68 heavy (non-hydrogen) atoms. The summed E-state index contributed by atoms with van der Waals surface area (Å²) in [5.41, 5.74) is 24.0. The van der Waals surface area contributed by atoms with E-state index in [1.54, 1.807) is 6.26 Å². The van der Waals surface area contributed by atoms with Gasteiger partial charge in [-0.2, -0.15) is 0 Å². The van der Waals surface area contributed by atoms with Crippen LogP contribution in [0.15, 0.2) is 217 Å². The third kappa shape index (κ3) is 5.58. The van der Waals surface area contributed by atoms with E-state index in [9.17, 15) is 0 Å². The van der Waals surface area contributed by atoms with E-state index in [0.717, 1.165) is 28.0 Å². The smallest absolute Gasteiger partial charge is 0.133 e. The Bertz CT molecular complexity index is 3560. The summed E-state index contributed by atoms with van der Waals surface area (Å²) < 4.78 is 5.95. The summed E-state index contributed by atoms with van der Waals surface area (Å²) in [6, 6.07) is 78.4. The zero-order valence-corrected chi connectivity index (χ0v) is 39.6. The van der Waals surface area contributed by atoms with E-state index < -0.39 is 10.8 Å². The van der Waals surface area contributed by atoms with Crippen molar-refractivity contribution in [2.24, 2.45) is 0 Å². The van der Waals surface area contributed by atoms with Gasteiger partial charge in [-0.25, -0.2) is 0 Å². The third-order valence-corrected chi connectivity index (χ3v) is 15.6. The monoisotopic (exact) mass is 875 g/mol. The van der Waals surface area contributed by atoms with Gasteiger partial charge in [-0.15, -0.1) is 0 Å². The van der Waals surface area contributed by atoms with Crippen molar-refractivity contribution in [3.05, 3.63) is 268 Å². The zero-order valence-electron chi connectivity index (χ0n) is 39.6. The first-order valence-corrected chi connectivity index (χ1v) is 24.1. The quantitative estimate of drug-likeness (QED) is 0.171. The van der Waals surface area contributed by atoms with Crippen LogP contribution in [0, 0.1) is 0 Å². The van der Waals surface area contributed by atoms with Gasteiger partial charge in [0.25, 0.3) is 0 Å². The molecule has 2 atom stereocenters. The normalized spacial score (nSPS) is 17.4. The molecule has 0 saturated carbocycles. The Labute approximate surface area is 400 Å². The number of hydrogen-bond acceptors (Lipinski definition) is 2. The lowest BCUT2D eigenvalue weighted by atomic mass is 9.67. The maximum absolute atomic E-state index is 5.95. The molecule has 0 radical (unpaired) electrons. The number of furan rings is 1. The maximum Gasteiger partial charge on any atom is 0.133 e. The van der Waals surface area contributed by atoms with Crippen LogP contribution in [-0.2, 0) is 21.7 Å². The van der Waals surface area contributed by atoms with E-state index in [-0.39, 0.29) is 10.8 Å². The van der Waals surface area contributed by atoms with Crippen molar-refractivity contribution in [2.45, 2.75) is 63.2 Å². The van der Waals surface area contributed by atoms with Crippen LogP contribution in [0.2, 0.25) is 0 Å². The van der Waals surface area contributed by atoms with Crippen molar-refractivity contribution in [3.63, 3.8) is 0 Å². The van der Waals surface area contributed by atoms with Crippen LogP contribution in [0.1, 0.15) is 97.2 Å². The average Bonchev–Trinajstić information content (AvgIpc) is 4.10. The summed E-state index contributed by atoms with van der Waals surface area (Å²) in [4.78, 5) is 2.48. The fourth-order valence-electron chi connectivity index (χ4n) is 12.4.